The van der Waals surface area contributed by atoms with Crippen LogP contribution < -0.4 is 10.2 Å². The molecule has 0 saturated carbocycles. The Balaban J connectivity index is 2.75. The summed E-state index contributed by atoms with van der Waals surface area (Å²) in [7, 11) is 7.35. The molecule has 0 aliphatic carbocycles. The van der Waals surface area contributed by atoms with Crippen LogP contribution in [0, 0.1) is 0 Å². The van der Waals surface area contributed by atoms with Crippen LogP contribution in [0.3, 0.4) is 0 Å². The van der Waals surface area contributed by atoms with Gasteiger partial charge in [-0.3, -0.25) is 0 Å². The molecule has 0 atom stereocenters. The molecule has 2 radical (unpaired) electrons. The van der Waals surface area contributed by atoms with Gasteiger partial charge < -0.3 is 4.74 Å². The third kappa shape index (κ3) is 1.51. The highest BCUT2D eigenvalue weighted by Gasteiger charge is 2.05. The van der Waals surface area contributed by atoms with E-state index in [4.69, 9.17) is 24.2 Å². The van der Waals surface area contributed by atoms with Crippen molar-refractivity contribution in [2.24, 2.45) is 0 Å². The maximum absolute atomic E-state index is 5.76. The highest BCUT2D eigenvalue weighted by atomic mass is 35.5. The smallest absolute Gasteiger partial charge is 0.184 e. The first-order valence-electron chi connectivity index (χ1n) is 3.60. The SMILES string of the molecule is [B]c1cc(OC)cc2sc(Cl)nc12. The number of hydrogen-bond acceptors (Lipinski definition) is 3. The first kappa shape index (κ1) is 8.85. The van der Waals surface area contributed by atoms with Gasteiger partial charge in [-0.2, -0.15) is 0 Å². The number of fused-ring (bicyclic) bond motifs is 1. The molecule has 0 amide bonds. The van der Waals surface area contributed by atoms with Crippen LogP contribution in [-0.4, -0.2) is 19.9 Å². The van der Waals surface area contributed by atoms with E-state index in [1.807, 2.05) is 6.07 Å². The third-order valence-electron chi connectivity index (χ3n) is 1.71. The van der Waals surface area contributed by atoms with Crippen molar-refractivity contribution < 1.29 is 4.74 Å². The molecule has 0 aliphatic heterocycles. The summed E-state index contributed by atoms with van der Waals surface area (Å²) in [5, 5.41) is 0. The van der Waals surface area contributed by atoms with E-state index in [1.165, 1.54) is 11.3 Å². The van der Waals surface area contributed by atoms with E-state index in [2.05, 4.69) is 4.98 Å². The fourth-order valence-electron chi connectivity index (χ4n) is 1.12. The monoisotopic (exact) mass is 209 g/mol. The van der Waals surface area contributed by atoms with E-state index >= 15 is 0 Å². The molecule has 13 heavy (non-hydrogen) atoms. The Morgan fingerprint density at radius 3 is 3.00 bits per heavy atom. The average Bonchev–Trinajstić information content (AvgIpc) is 2.46. The van der Waals surface area contributed by atoms with Gasteiger partial charge in [0.1, 0.15) is 13.6 Å². The lowest BCUT2D eigenvalue weighted by Crippen LogP contribution is -2.04. The highest BCUT2D eigenvalue weighted by Crippen LogP contribution is 2.27. The summed E-state index contributed by atoms with van der Waals surface area (Å²) in [6, 6.07) is 3.60. The van der Waals surface area contributed by atoms with Gasteiger partial charge in [0, 0.05) is 0 Å². The van der Waals surface area contributed by atoms with Crippen LogP contribution in [0.5, 0.6) is 5.75 Å². The molecule has 0 aliphatic rings. The number of benzene rings is 1. The third-order valence-corrected chi connectivity index (χ3v) is 2.81. The van der Waals surface area contributed by atoms with Crippen molar-refractivity contribution in [2.75, 3.05) is 7.11 Å². The van der Waals surface area contributed by atoms with Gasteiger partial charge in [0.25, 0.3) is 0 Å². The van der Waals surface area contributed by atoms with E-state index < -0.39 is 0 Å². The van der Waals surface area contributed by atoms with Crippen molar-refractivity contribution in [3.05, 3.63) is 16.6 Å². The number of aromatic nitrogens is 1. The lowest BCUT2D eigenvalue weighted by molar-refractivity contribution is 0.416. The molecule has 5 heteroatoms. The van der Waals surface area contributed by atoms with Crippen LogP contribution in [0.25, 0.3) is 10.2 Å². The van der Waals surface area contributed by atoms with Crippen molar-refractivity contribution in [2.45, 2.75) is 0 Å². The molecule has 0 saturated heterocycles. The summed E-state index contributed by atoms with van der Waals surface area (Å²) in [5.74, 6) is 0.727. The summed E-state index contributed by atoms with van der Waals surface area (Å²) in [6.07, 6.45) is 0. The maximum atomic E-state index is 5.76. The minimum Gasteiger partial charge on any atom is -0.497 e. The Morgan fingerprint density at radius 2 is 2.31 bits per heavy atom. The van der Waals surface area contributed by atoms with E-state index in [0.717, 1.165) is 16.0 Å². The number of hydrogen-bond donors (Lipinski definition) is 0. The van der Waals surface area contributed by atoms with Crippen molar-refractivity contribution >= 4 is 46.5 Å². The molecule has 1 aromatic heterocycles. The Morgan fingerprint density at radius 1 is 1.54 bits per heavy atom. The minimum atomic E-state index is 0.495. The molecule has 2 rings (SSSR count). The first-order valence-corrected chi connectivity index (χ1v) is 4.79. The predicted octanol–water partition coefficient (Wildman–Crippen LogP) is 1.75. The van der Waals surface area contributed by atoms with E-state index in [-0.39, 0.29) is 0 Å². The zero-order chi connectivity index (χ0) is 9.42. The van der Waals surface area contributed by atoms with Crippen LogP contribution in [0.1, 0.15) is 0 Å². The second-order valence-electron chi connectivity index (χ2n) is 2.53. The largest absolute Gasteiger partial charge is 0.497 e. The summed E-state index contributed by atoms with van der Waals surface area (Å²) in [4.78, 5) is 4.09. The molecule has 0 bridgehead atoms. The molecule has 1 aromatic carbocycles. The highest BCUT2D eigenvalue weighted by molar-refractivity contribution is 7.22. The van der Waals surface area contributed by atoms with Crippen molar-refractivity contribution in [3.63, 3.8) is 0 Å². The second-order valence-corrected chi connectivity index (χ2v) is 4.14. The molecular formula is C8H5BClNOS. The fourth-order valence-corrected chi connectivity index (χ4v) is 2.21. The van der Waals surface area contributed by atoms with Gasteiger partial charge in [-0.25, -0.2) is 4.98 Å². The molecule has 1 heterocycles. The summed E-state index contributed by atoms with van der Waals surface area (Å²) in [6.45, 7) is 0. The predicted molar refractivity (Wildman–Crippen MR) is 56.6 cm³/mol. The quantitative estimate of drug-likeness (QED) is 0.668. The fraction of sp³-hybridized carbons (Fsp3) is 0.125. The summed E-state index contributed by atoms with van der Waals surface area (Å²) >= 11 is 7.15. The summed E-state index contributed by atoms with van der Waals surface area (Å²) in [5.41, 5.74) is 1.34. The van der Waals surface area contributed by atoms with Crippen LogP contribution in [0.2, 0.25) is 4.47 Å². The Hall–Kier alpha value is -0.735. The van der Waals surface area contributed by atoms with Crippen molar-refractivity contribution in [3.8, 4) is 5.75 Å². The van der Waals surface area contributed by atoms with Gasteiger partial charge in [0.05, 0.1) is 17.3 Å². The van der Waals surface area contributed by atoms with Crippen LogP contribution >= 0.6 is 22.9 Å². The van der Waals surface area contributed by atoms with Crippen molar-refractivity contribution in [1.82, 2.24) is 4.98 Å². The standard InChI is InChI=1S/C8H5BClNOS/c1-12-4-2-5(9)7-6(3-4)13-8(10)11-7/h2-3H,1H3. The molecule has 2 aromatic rings. The van der Waals surface area contributed by atoms with Crippen molar-refractivity contribution in [1.29, 1.82) is 0 Å². The Labute approximate surface area is 85.9 Å². The number of halogens is 1. The molecular weight excluding hydrogens is 204 g/mol. The molecule has 0 unspecified atom stereocenters. The van der Waals surface area contributed by atoms with Gasteiger partial charge in [0.15, 0.2) is 4.47 Å². The molecule has 64 valence electrons. The van der Waals surface area contributed by atoms with Gasteiger partial charge in [0.2, 0.25) is 0 Å². The Bertz CT molecular complexity index is 457. The lowest BCUT2D eigenvalue weighted by atomic mass is 9.95. The van der Waals surface area contributed by atoms with Gasteiger partial charge in [-0.1, -0.05) is 17.1 Å². The van der Waals surface area contributed by atoms with E-state index in [0.29, 0.717) is 9.93 Å². The van der Waals surface area contributed by atoms with Gasteiger partial charge in [-0.05, 0) is 12.1 Å². The van der Waals surface area contributed by atoms with Crippen LogP contribution in [0.15, 0.2) is 12.1 Å². The Kier molecular flexibility index (Phi) is 2.18. The number of thiazole rings is 1. The first-order chi connectivity index (χ1) is 6.20. The van der Waals surface area contributed by atoms with Gasteiger partial charge >= 0.3 is 0 Å². The van der Waals surface area contributed by atoms with Gasteiger partial charge in [-0.15, -0.1) is 11.3 Å². The number of nitrogens with zero attached hydrogens (tertiary/aromatic N) is 1. The number of rotatable bonds is 1. The van der Waals surface area contributed by atoms with E-state index in [9.17, 15) is 0 Å². The summed E-state index contributed by atoms with van der Waals surface area (Å²) < 4.78 is 6.51. The average molecular weight is 209 g/mol. The molecule has 0 N–H and O–H groups in total. The molecule has 0 fully saturated rings. The number of methoxy groups -OCH3 is 1. The van der Waals surface area contributed by atoms with Crippen LogP contribution in [0.4, 0.5) is 0 Å². The topological polar surface area (TPSA) is 22.1 Å². The van der Waals surface area contributed by atoms with E-state index in [1.54, 1.807) is 13.2 Å². The molecule has 2 nitrogen and oxygen atoms in total. The molecule has 0 spiro atoms. The van der Waals surface area contributed by atoms with Crippen LogP contribution in [-0.2, 0) is 0 Å². The zero-order valence-electron chi connectivity index (χ0n) is 6.87. The minimum absolute atomic E-state index is 0.495. The number of ether oxygens (including phenoxy) is 1. The maximum Gasteiger partial charge on any atom is 0.184 e. The second kappa shape index (κ2) is 3.20. The zero-order valence-corrected chi connectivity index (χ0v) is 8.45. The lowest BCUT2D eigenvalue weighted by Gasteiger charge is -2.00. The normalized spacial score (nSPS) is 10.6.